The summed E-state index contributed by atoms with van der Waals surface area (Å²) in [6, 6.07) is 9.75. The standard InChI is InChI=1S/C14H8N2O8/c17-13(9-5-1-3-7-11(9)15(19)20)23-24-14(18)10-6-2-4-8-12(10)16(21)22/h1-8H. The van der Waals surface area contributed by atoms with Gasteiger partial charge in [-0.25, -0.2) is 19.4 Å². The van der Waals surface area contributed by atoms with E-state index in [0.717, 1.165) is 24.3 Å². The molecule has 0 aliphatic heterocycles. The van der Waals surface area contributed by atoms with Crippen molar-refractivity contribution in [1.82, 2.24) is 0 Å². The van der Waals surface area contributed by atoms with E-state index in [4.69, 9.17) is 0 Å². The molecule has 122 valence electrons. The van der Waals surface area contributed by atoms with Crippen LogP contribution in [0.4, 0.5) is 11.4 Å². The summed E-state index contributed by atoms with van der Waals surface area (Å²) in [6.45, 7) is 0. The van der Waals surface area contributed by atoms with Gasteiger partial charge in [0, 0.05) is 12.1 Å². The quantitative estimate of drug-likeness (QED) is 0.472. The molecule has 0 fully saturated rings. The lowest BCUT2D eigenvalue weighted by molar-refractivity contribution is -0.385. The highest BCUT2D eigenvalue weighted by Gasteiger charge is 2.25. The van der Waals surface area contributed by atoms with Crippen LogP contribution < -0.4 is 0 Å². The maximum absolute atomic E-state index is 11.8. The molecule has 0 saturated carbocycles. The first-order chi connectivity index (χ1) is 11.4. The number of nitro benzene ring substituents is 2. The third-order valence-corrected chi connectivity index (χ3v) is 2.83. The van der Waals surface area contributed by atoms with E-state index in [2.05, 4.69) is 9.78 Å². The fraction of sp³-hybridized carbons (Fsp3) is 0. The van der Waals surface area contributed by atoms with E-state index in [1.165, 1.54) is 24.3 Å². The molecule has 24 heavy (non-hydrogen) atoms. The molecule has 10 nitrogen and oxygen atoms in total. The van der Waals surface area contributed by atoms with E-state index >= 15 is 0 Å². The first-order valence-corrected chi connectivity index (χ1v) is 6.32. The summed E-state index contributed by atoms with van der Waals surface area (Å²) in [4.78, 5) is 52.1. The number of carbonyl (C=O) groups excluding carboxylic acids is 2. The van der Waals surface area contributed by atoms with Crippen LogP contribution in [-0.2, 0) is 9.78 Å². The first-order valence-electron chi connectivity index (χ1n) is 6.32. The number of nitro groups is 2. The molecule has 0 unspecified atom stereocenters. The Labute approximate surface area is 133 Å². The Kier molecular flexibility index (Phi) is 4.80. The average Bonchev–Trinajstić information content (AvgIpc) is 2.59. The van der Waals surface area contributed by atoms with Gasteiger partial charge in [-0.05, 0) is 12.1 Å². The van der Waals surface area contributed by atoms with Crippen molar-refractivity contribution in [3.05, 3.63) is 79.9 Å². The van der Waals surface area contributed by atoms with Crippen molar-refractivity contribution in [3.63, 3.8) is 0 Å². The third-order valence-electron chi connectivity index (χ3n) is 2.83. The minimum atomic E-state index is -1.28. The van der Waals surface area contributed by atoms with E-state index in [9.17, 15) is 29.8 Å². The monoisotopic (exact) mass is 332 g/mol. The number of rotatable bonds is 4. The Hall–Kier alpha value is -3.82. The summed E-state index contributed by atoms with van der Waals surface area (Å²) in [5, 5.41) is 21.6. The van der Waals surface area contributed by atoms with Gasteiger partial charge < -0.3 is 0 Å². The number of para-hydroxylation sites is 2. The van der Waals surface area contributed by atoms with Crippen molar-refractivity contribution in [2.24, 2.45) is 0 Å². The average molecular weight is 332 g/mol. The predicted molar refractivity (Wildman–Crippen MR) is 77.0 cm³/mol. The molecule has 2 rings (SSSR count). The van der Waals surface area contributed by atoms with Gasteiger partial charge >= 0.3 is 11.9 Å². The Morgan fingerprint density at radius 1 is 0.708 bits per heavy atom. The molecule has 0 aliphatic rings. The molecule has 0 aliphatic carbocycles. The van der Waals surface area contributed by atoms with E-state index in [1.54, 1.807) is 0 Å². The second-order valence-electron chi connectivity index (χ2n) is 4.29. The highest BCUT2D eigenvalue weighted by atomic mass is 17.2. The molecule has 0 aromatic heterocycles. The summed E-state index contributed by atoms with van der Waals surface area (Å²) < 4.78 is 0. The molecular weight excluding hydrogens is 324 g/mol. The minimum Gasteiger partial charge on any atom is -0.258 e. The van der Waals surface area contributed by atoms with Crippen LogP contribution in [-0.4, -0.2) is 21.8 Å². The molecule has 0 saturated heterocycles. The fourth-order valence-electron chi connectivity index (χ4n) is 1.78. The van der Waals surface area contributed by atoms with Gasteiger partial charge in [0.15, 0.2) is 0 Å². The van der Waals surface area contributed by atoms with Crippen LogP contribution in [0.25, 0.3) is 0 Å². The van der Waals surface area contributed by atoms with Gasteiger partial charge in [-0.2, -0.15) is 0 Å². The normalized spacial score (nSPS) is 9.83. The second kappa shape index (κ2) is 6.96. The fourth-order valence-corrected chi connectivity index (χ4v) is 1.78. The Morgan fingerprint density at radius 3 is 1.38 bits per heavy atom. The smallest absolute Gasteiger partial charge is 0.258 e. The minimum absolute atomic E-state index is 0.433. The molecule has 0 atom stereocenters. The molecule has 0 heterocycles. The molecule has 0 bridgehead atoms. The Balaban J connectivity index is 2.14. The van der Waals surface area contributed by atoms with E-state index in [1.807, 2.05) is 0 Å². The molecule has 2 aromatic rings. The molecule has 0 spiro atoms. The van der Waals surface area contributed by atoms with Crippen LogP contribution in [0.15, 0.2) is 48.5 Å². The number of hydrogen-bond acceptors (Lipinski definition) is 8. The summed E-state index contributed by atoms with van der Waals surface area (Å²) >= 11 is 0. The summed E-state index contributed by atoms with van der Waals surface area (Å²) in [7, 11) is 0. The zero-order valence-corrected chi connectivity index (χ0v) is 11.8. The van der Waals surface area contributed by atoms with Crippen molar-refractivity contribution < 1.29 is 29.2 Å². The van der Waals surface area contributed by atoms with Gasteiger partial charge in [0.1, 0.15) is 11.1 Å². The molecule has 2 aromatic carbocycles. The van der Waals surface area contributed by atoms with Crippen LogP contribution >= 0.6 is 0 Å². The van der Waals surface area contributed by atoms with Gasteiger partial charge in [-0.1, -0.05) is 24.3 Å². The van der Waals surface area contributed by atoms with Crippen LogP contribution in [0.1, 0.15) is 20.7 Å². The van der Waals surface area contributed by atoms with Crippen molar-refractivity contribution in [1.29, 1.82) is 0 Å². The molecule has 0 radical (unpaired) electrons. The maximum Gasteiger partial charge on any atom is 0.393 e. The van der Waals surface area contributed by atoms with E-state index in [-0.39, 0.29) is 0 Å². The highest BCUT2D eigenvalue weighted by molar-refractivity contribution is 5.96. The van der Waals surface area contributed by atoms with Gasteiger partial charge in [-0.3, -0.25) is 20.2 Å². The number of nitrogens with zero attached hydrogens (tertiary/aromatic N) is 2. The Bertz CT molecular complexity index is 764. The predicted octanol–water partition coefficient (Wildman–Crippen LogP) is 2.43. The van der Waals surface area contributed by atoms with Crippen LogP contribution in [0.5, 0.6) is 0 Å². The maximum atomic E-state index is 11.8. The highest BCUT2D eigenvalue weighted by Crippen LogP contribution is 2.21. The topological polar surface area (TPSA) is 139 Å². The molecular formula is C14H8N2O8. The van der Waals surface area contributed by atoms with Crippen molar-refractivity contribution >= 4 is 23.3 Å². The SMILES string of the molecule is O=C(OOC(=O)c1ccccc1[N+](=O)[O-])c1ccccc1[N+](=O)[O-]. The van der Waals surface area contributed by atoms with Crippen LogP contribution in [0, 0.1) is 20.2 Å². The van der Waals surface area contributed by atoms with E-state index < -0.39 is 44.3 Å². The zero-order valence-electron chi connectivity index (χ0n) is 11.8. The number of carbonyl (C=O) groups is 2. The van der Waals surface area contributed by atoms with Gasteiger partial charge in [0.05, 0.1) is 9.85 Å². The summed E-state index contributed by atoms with van der Waals surface area (Å²) in [5.74, 6) is -2.57. The lowest BCUT2D eigenvalue weighted by Crippen LogP contribution is -2.14. The summed E-state index contributed by atoms with van der Waals surface area (Å²) in [5.41, 5.74) is -1.94. The lowest BCUT2D eigenvalue weighted by Gasteiger charge is -2.04. The van der Waals surface area contributed by atoms with Crippen molar-refractivity contribution in [3.8, 4) is 0 Å². The second-order valence-corrected chi connectivity index (χ2v) is 4.29. The van der Waals surface area contributed by atoms with Crippen LogP contribution in [0.3, 0.4) is 0 Å². The van der Waals surface area contributed by atoms with Gasteiger partial charge in [0.25, 0.3) is 11.4 Å². The number of hydrogen-bond donors (Lipinski definition) is 0. The zero-order chi connectivity index (χ0) is 17.7. The van der Waals surface area contributed by atoms with Gasteiger partial charge in [0.2, 0.25) is 0 Å². The van der Waals surface area contributed by atoms with Crippen molar-refractivity contribution in [2.45, 2.75) is 0 Å². The van der Waals surface area contributed by atoms with Gasteiger partial charge in [-0.15, -0.1) is 0 Å². The van der Waals surface area contributed by atoms with Crippen LogP contribution in [0.2, 0.25) is 0 Å². The van der Waals surface area contributed by atoms with E-state index in [0.29, 0.717) is 0 Å². The largest absolute Gasteiger partial charge is 0.393 e. The first kappa shape index (κ1) is 16.5. The molecule has 10 heteroatoms. The Morgan fingerprint density at radius 2 is 1.04 bits per heavy atom. The third kappa shape index (κ3) is 3.50. The lowest BCUT2D eigenvalue weighted by atomic mass is 10.2. The summed E-state index contributed by atoms with van der Waals surface area (Å²) in [6.07, 6.45) is 0. The number of benzene rings is 2. The molecule has 0 N–H and O–H groups in total. The molecule has 0 amide bonds. The van der Waals surface area contributed by atoms with Crippen molar-refractivity contribution in [2.75, 3.05) is 0 Å².